The molecule has 4 unspecified atom stereocenters. The fourth-order valence-corrected chi connectivity index (χ4v) is 3.30. The Balaban J connectivity index is 2.03. The Morgan fingerprint density at radius 2 is 2.17 bits per heavy atom. The van der Waals surface area contributed by atoms with Crippen LogP contribution in [0.4, 0.5) is 0 Å². The molecule has 4 atom stereocenters. The minimum absolute atomic E-state index is 0.0409. The smallest absolute Gasteiger partial charge is 0.249 e. The summed E-state index contributed by atoms with van der Waals surface area (Å²) in [5.74, 6) is 0.815. The van der Waals surface area contributed by atoms with Crippen molar-refractivity contribution < 1.29 is 9.53 Å². The lowest BCUT2D eigenvalue weighted by Crippen LogP contribution is -2.61. The van der Waals surface area contributed by atoms with E-state index in [0.717, 1.165) is 25.7 Å². The van der Waals surface area contributed by atoms with Crippen LogP contribution >= 0.6 is 0 Å². The number of carbonyl (C=O) groups excluding carboxylic acids is 1. The number of hydrogen-bond donors (Lipinski definition) is 2. The second-order valence-corrected chi connectivity index (χ2v) is 6.05. The normalized spacial score (nSPS) is 40.7. The summed E-state index contributed by atoms with van der Waals surface area (Å²) in [4.78, 5) is 12.3. The van der Waals surface area contributed by atoms with Gasteiger partial charge < -0.3 is 15.8 Å². The van der Waals surface area contributed by atoms with Crippen molar-refractivity contribution in [3.63, 3.8) is 0 Å². The molecule has 18 heavy (non-hydrogen) atoms. The highest BCUT2D eigenvalue weighted by molar-refractivity contribution is 5.82. The molecule has 1 amide bonds. The van der Waals surface area contributed by atoms with Gasteiger partial charge in [0.15, 0.2) is 0 Å². The van der Waals surface area contributed by atoms with Gasteiger partial charge in [-0.25, -0.2) is 0 Å². The van der Waals surface area contributed by atoms with Crippen LogP contribution in [0.3, 0.4) is 0 Å². The molecule has 1 saturated carbocycles. The lowest BCUT2D eigenvalue weighted by molar-refractivity contribution is -0.134. The fourth-order valence-electron chi connectivity index (χ4n) is 3.30. The maximum absolute atomic E-state index is 12.3. The van der Waals surface area contributed by atoms with Gasteiger partial charge in [0.25, 0.3) is 0 Å². The van der Waals surface area contributed by atoms with E-state index in [1.165, 1.54) is 6.42 Å². The molecule has 0 spiro atoms. The number of amides is 1. The predicted molar refractivity (Wildman–Crippen MR) is 71.1 cm³/mol. The summed E-state index contributed by atoms with van der Waals surface area (Å²) in [5.41, 5.74) is 5.75. The number of carbonyl (C=O) groups is 1. The van der Waals surface area contributed by atoms with Gasteiger partial charge in [-0.15, -0.1) is 0 Å². The molecule has 0 aromatic carbocycles. The van der Waals surface area contributed by atoms with Crippen molar-refractivity contribution in [3.05, 3.63) is 0 Å². The highest BCUT2D eigenvalue weighted by Crippen LogP contribution is 2.33. The zero-order chi connectivity index (χ0) is 13.2. The first-order valence-electron chi connectivity index (χ1n) is 7.23. The van der Waals surface area contributed by atoms with Gasteiger partial charge in [0, 0.05) is 13.2 Å². The van der Waals surface area contributed by atoms with Gasteiger partial charge in [-0.3, -0.25) is 4.79 Å². The van der Waals surface area contributed by atoms with E-state index < -0.39 is 0 Å². The van der Waals surface area contributed by atoms with E-state index in [1.54, 1.807) is 0 Å². The largest absolute Gasteiger partial charge is 0.368 e. The standard InChI is InChI=1S/C14H26N2O2/c1-10-6-8-18-12(10)13(17)16-14(9-15)7-4-3-5-11(14)2/h10-12H,3-9,15H2,1-2H3,(H,16,17). The molecule has 0 bridgehead atoms. The fraction of sp³-hybridized carbons (Fsp3) is 0.929. The first kappa shape index (κ1) is 13.8. The first-order chi connectivity index (χ1) is 8.59. The lowest BCUT2D eigenvalue weighted by atomic mass is 9.73. The summed E-state index contributed by atoms with van der Waals surface area (Å²) in [7, 11) is 0. The Hall–Kier alpha value is -0.610. The van der Waals surface area contributed by atoms with E-state index in [2.05, 4.69) is 19.2 Å². The van der Waals surface area contributed by atoms with Crippen molar-refractivity contribution >= 4 is 5.91 Å². The monoisotopic (exact) mass is 254 g/mol. The SMILES string of the molecule is CC1CCOC1C(=O)NC1(CN)CCCCC1C. The summed E-state index contributed by atoms with van der Waals surface area (Å²) < 4.78 is 5.54. The van der Waals surface area contributed by atoms with Crippen molar-refractivity contribution in [2.75, 3.05) is 13.2 Å². The van der Waals surface area contributed by atoms with Gasteiger partial charge in [-0.1, -0.05) is 26.7 Å². The lowest BCUT2D eigenvalue weighted by Gasteiger charge is -2.43. The maximum atomic E-state index is 12.3. The summed E-state index contributed by atoms with van der Waals surface area (Å²) in [6.07, 6.45) is 5.25. The Morgan fingerprint density at radius 3 is 2.72 bits per heavy atom. The third-order valence-corrected chi connectivity index (χ3v) is 4.84. The highest BCUT2D eigenvalue weighted by atomic mass is 16.5. The van der Waals surface area contributed by atoms with Crippen LogP contribution in [0, 0.1) is 11.8 Å². The van der Waals surface area contributed by atoms with E-state index in [9.17, 15) is 4.79 Å². The predicted octanol–water partition coefficient (Wildman–Crippen LogP) is 1.44. The molecule has 0 aromatic rings. The molecule has 3 N–H and O–H groups in total. The van der Waals surface area contributed by atoms with Gasteiger partial charge in [0.1, 0.15) is 6.10 Å². The van der Waals surface area contributed by atoms with Crippen LogP contribution in [0.2, 0.25) is 0 Å². The number of nitrogens with one attached hydrogen (secondary N) is 1. The van der Waals surface area contributed by atoms with Crippen LogP contribution in [-0.4, -0.2) is 30.7 Å². The second kappa shape index (κ2) is 5.57. The zero-order valence-electron chi connectivity index (χ0n) is 11.6. The third kappa shape index (κ3) is 2.54. The highest BCUT2D eigenvalue weighted by Gasteiger charge is 2.41. The number of hydrogen-bond acceptors (Lipinski definition) is 3. The number of ether oxygens (including phenoxy) is 1. The van der Waals surface area contributed by atoms with Gasteiger partial charge in [0.05, 0.1) is 5.54 Å². The molecule has 4 nitrogen and oxygen atoms in total. The Labute approximate surface area is 110 Å². The summed E-state index contributed by atoms with van der Waals surface area (Å²) in [5, 5.41) is 3.22. The number of nitrogens with two attached hydrogens (primary N) is 1. The van der Waals surface area contributed by atoms with Gasteiger partial charge in [-0.05, 0) is 31.1 Å². The van der Waals surface area contributed by atoms with Crippen LogP contribution in [0.5, 0.6) is 0 Å². The minimum atomic E-state index is -0.275. The molecular weight excluding hydrogens is 228 g/mol. The van der Waals surface area contributed by atoms with E-state index in [-0.39, 0.29) is 17.6 Å². The van der Waals surface area contributed by atoms with Crippen LogP contribution in [-0.2, 0) is 9.53 Å². The third-order valence-electron chi connectivity index (χ3n) is 4.84. The summed E-state index contributed by atoms with van der Waals surface area (Å²) >= 11 is 0. The molecule has 0 aromatic heterocycles. The molecule has 4 heteroatoms. The van der Waals surface area contributed by atoms with Gasteiger partial charge >= 0.3 is 0 Å². The molecule has 1 heterocycles. The minimum Gasteiger partial charge on any atom is -0.368 e. The summed E-state index contributed by atoms with van der Waals surface area (Å²) in [6.45, 7) is 5.51. The summed E-state index contributed by atoms with van der Waals surface area (Å²) in [6, 6.07) is 0. The molecule has 2 aliphatic rings. The molecule has 104 valence electrons. The number of rotatable bonds is 3. The van der Waals surface area contributed by atoms with Gasteiger partial charge in [0.2, 0.25) is 5.91 Å². The van der Waals surface area contributed by atoms with Crippen molar-refractivity contribution in [1.82, 2.24) is 5.32 Å². The topological polar surface area (TPSA) is 64.3 Å². The van der Waals surface area contributed by atoms with E-state index in [1.807, 2.05) is 0 Å². The molecule has 1 saturated heterocycles. The van der Waals surface area contributed by atoms with E-state index in [0.29, 0.717) is 25.0 Å². The average molecular weight is 254 g/mol. The quantitative estimate of drug-likeness (QED) is 0.801. The van der Waals surface area contributed by atoms with Crippen molar-refractivity contribution in [2.24, 2.45) is 17.6 Å². The molecule has 2 rings (SSSR count). The Morgan fingerprint density at radius 1 is 1.39 bits per heavy atom. The second-order valence-electron chi connectivity index (χ2n) is 6.05. The first-order valence-corrected chi connectivity index (χ1v) is 7.23. The van der Waals surface area contributed by atoms with E-state index >= 15 is 0 Å². The average Bonchev–Trinajstić information content (AvgIpc) is 2.78. The molecule has 2 fully saturated rings. The van der Waals surface area contributed by atoms with Crippen molar-refractivity contribution in [3.8, 4) is 0 Å². The molecule has 1 aliphatic carbocycles. The molecular formula is C14H26N2O2. The van der Waals surface area contributed by atoms with Crippen molar-refractivity contribution in [2.45, 2.75) is 57.6 Å². The maximum Gasteiger partial charge on any atom is 0.249 e. The Bertz CT molecular complexity index is 308. The van der Waals surface area contributed by atoms with Crippen LogP contribution in [0.15, 0.2) is 0 Å². The molecule has 0 radical (unpaired) electrons. The van der Waals surface area contributed by atoms with Crippen LogP contribution < -0.4 is 11.1 Å². The zero-order valence-corrected chi connectivity index (χ0v) is 11.6. The molecule has 1 aliphatic heterocycles. The Kier molecular flexibility index (Phi) is 4.28. The van der Waals surface area contributed by atoms with Crippen LogP contribution in [0.25, 0.3) is 0 Å². The van der Waals surface area contributed by atoms with Crippen LogP contribution in [0.1, 0.15) is 46.0 Å². The van der Waals surface area contributed by atoms with Gasteiger partial charge in [-0.2, -0.15) is 0 Å². The van der Waals surface area contributed by atoms with E-state index in [4.69, 9.17) is 10.5 Å². The van der Waals surface area contributed by atoms with Crippen molar-refractivity contribution in [1.29, 1.82) is 0 Å².